The van der Waals surface area contributed by atoms with E-state index in [0.29, 0.717) is 6.04 Å². The van der Waals surface area contributed by atoms with E-state index in [1.165, 1.54) is 12.8 Å². The summed E-state index contributed by atoms with van der Waals surface area (Å²) in [6.45, 7) is 2.16. The lowest BCUT2D eigenvalue weighted by molar-refractivity contribution is 0.480. The molecule has 18 heavy (non-hydrogen) atoms. The van der Waals surface area contributed by atoms with E-state index >= 15 is 0 Å². The Hall–Kier alpha value is -1.32. The molecule has 3 rings (SSSR count). The number of hydrogen-bond donors (Lipinski definition) is 2. The zero-order valence-corrected chi connectivity index (χ0v) is 10.9. The summed E-state index contributed by atoms with van der Waals surface area (Å²) in [4.78, 5) is 4.36. The Kier molecular flexibility index (Phi) is 3.35. The van der Waals surface area contributed by atoms with Crippen LogP contribution >= 0.6 is 11.6 Å². The Morgan fingerprint density at radius 3 is 3.11 bits per heavy atom. The topological polar surface area (TPSA) is 37.0 Å². The third-order valence-electron chi connectivity index (χ3n) is 3.36. The van der Waals surface area contributed by atoms with Gasteiger partial charge in [0, 0.05) is 34.9 Å². The first-order valence-electron chi connectivity index (χ1n) is 6.34. The maximum Gasteiger partial charge on any atom is 0.0737 e. The van der Waals surface area contributed by atoms with Gasteiger partial charge in [-0.2, -0.15) is 0 Å². The van der Waals surface area contributed by atoms with Crippen LogP contribution in [-0.4, -0.2) is 24.1 Å². The van der Waals surface area contributed by atoms with Crippen LogP contribution in [0.4, 0.5) is 5.69 Å². The molecule has 2 N–H and O–H groups in total. The molecular formula is C14H16ClN3. The fraction of sp³-hybridized carbons (Fsp3) is 0.357. The van der Waals surface area contributed by atoms with Crippen molar-refractivity contribution in [2.24, 2.45) is 0 Å². The van der Waals surface area contributed by atoms with Gasteiger partial charge < -0.3 is 10.6 Å². The van der Waals surface area contributed by atoms with Crippen LogP contribution in [-0.2, 0) is 0 Å². The average Bonchev–Trinajstić information content (AvgIpc) is 2.40. The molecule has 2 aromatic rings. The number of anilines is 1. The SMILES string of the molecule is Clc1ccc2c(NC3CCCNC3)ccnc2c1. The number of benzene rings is 1. The van der Waals surface area contributed by atoms with Crippen molar-refractivity contribution in [1.29, 1.82) is 0 Å². The Morgan fingerprint density at radius 2 is 2.28 bits per heavy atom. The first-order valence-corrected chi connectivity index (χ1v) is 6.72. The molecule has 1 aliphatic heterocycles. The number of fused-ring (bicyclic) bond motifs is 1. The van der Waals surface area contributed by atoms with Gasteiger partial charge >= 0.3 is 0 Å². The maximum absolute atomic E-state index is 5.99. The number of hydrogen-bond acceptors (Lipinski definition) is 3. The predicted molar refractivity (Wildman–Crippen MR) is 76.3 cm³/mol. The lowest BCUT2D eigenvalue weighted by Gasteiger charge is -2.25. The molecule has 1 unspecified atom stereocenters. The second-order valence-corrected chi connectivity index (χ2v) is 5.14. The number of nitrogens with zero attached hydrogens (tertiary/aromatic N) is 1. The van der Waals surface area contributed by atoms with Crippen molar-refractivity contribution in [1.82, 2.24) is 10.3 Å². The smallest absolute Gasteiger partial charge is 0.0737 e. The summed E-state index contributed by atoms with van der Waals surface area (Å²) < 4.78 is 0. The van der Waals surface area contributed by atoms with Gasteiger partial charge in [-0.1, -0.05) is 11.6 Å². The normalized spacial score (nSPS) is 19.9. The molecule has 0 saturated carbocycles. The largest absolute Gasteiger partial charge is 0.380 e. The van der Waals surface area contributed by atoms with Gasteiger partial charge in [-0.25, -0.2) is 0 Å². The highest BCUT2D eigenvalue weighted by atomic mass is 35.5. The molecule has 1 aromatic heterocycles. The molecule has 1 aromatic carbocycles. The van der Waals surface area contributed by atoms with Crippen molar-refractivity contribution in [3.8, 4) is 0 Å². The number of pyridine rings is 1. The van der Waals surface area contributed by atoms with E-state index in [-0.39, 0.29) is 0 Å². The highest BCUT2D eigenvalue weighted by Gasteiger charge is 2.13. The van der Waals surface area contributed by atoms with E-state index in [1.54, 1.807) is 0 Å². The molecule has 94 valence electrons. The lowest BCUT2D eigenvalue weighted by atomic mass is 10.1. The molecule has 0 radical (unpaired) electrons. The minimum Gasteiger partial charge on any atom is -0.380 e. The van der Waals surface area contributed by atoms with E-state index < -0.39 is 0 Å². The third-order valence-corrected chi connectivity index (χ3v) is 3.60. The lowest BCUT2D eigenvalue weighted by Crippen LogP contribution is -2.38. The van der Waals surface area contributed by atoms with Crippen molar-refractivity contribution in [3.63, 3.8) is 0 Å². The molecule has 1 aliphatic rings. The molecule has 4 heteroatoms. The summed E-state index contributed by atoms with van der Waals surface area (Å²) in [7, 11) is 0. The molecule has 0 spiro atoms. The standard InChI is InChI=1S/C14H16ClN3/c15-10-3-4-12-13(5-7-17-14(12)8-10)18-11-2-1-6-16-9-11/h3-5,7-8,11,16H,1-2,6,9H2,(H,17,18). The molecule has 1 saturated heterocycles. The van der Waals surface area contributed by atoms with Crippen molar-refractivity contribution in [3.05, 3.63) is 35.5 Å². The Bertz CT molecular complexity index is 550. The highest BCUT2D eigenvalue weighted by Crippen LogP contribution is 2.25. The van der Waals surface area contributed by atoms with E-state index in [4.69, 9.17) is 11.6 Å². The zero-order valence-electron chi connectivity index (χ0n) is 10.1. The van der Waals surface area contributed by atoms with E-state index in [0.717, 1.165) is 34.7 Å². The summed E-state index contributed by atoms with van der Waals surface area (Å²) in [6.07, 6.45) is 4.27. The zero-order chi connectivity index (χ0) is 12.4. The van der Waals surface area contributed by atoms with Gasteiger partial charge in [-0.05, 0) is 43.7 Å². The van der Waals surface area contributed by atoms with Gasteiger partial charge in [0.15, 0.2) is 0 Å². The van der Waals surface area contributed by atoms with Crippen LogP contribution in [0.5, 0.6) is 0 Å². The number of rotatable bonds is 2. The van der Waals surface area contributed by atoms with Gasteiger partial charge in [0.2, 0.25) is 0 Å². The average molecular weight is 262 g/mol. The minimum atomic E-state index is 0.500. The Labute approximate surface area is 112 Å². The summed E-state index contributed by atoms with van der Waals surface area (Å²) in [5, 5.41) is 8.87. The molecule has 2 heterocycles. The fourth-order valence-electron chi connectivity index (χ4n) is 2.44. The van der Waals surface area contributed by atoms with Gasteiger partial charge in [0.05, 0.1) is 5.52 Å². The Morgan fingerprint density at radius 1 is 1.33 bits per heavy atom. The molecule has 3 nitrogen and oxygen atoms in total. The molecule has 0 amide bonds. The van der Waals surface area contributed by atoms with Crippen LogP contribution in [0.2, 0.25) is 5.02 Å². The highest BCUT2D eigenvalue weighted by molar-refractivity contribution is 6.31. The summed E-state index contributed by atoms with van der Waals surface area (Å²) in [5.74, 6) is 0. The minimum absolute atomic E-state index is 0.500. The first kappa shape index (κ1) is 11.8. The molecule has 0 bridgehead atoms. The second kappa shape index (κ2) is 5.12. The predicted octanol–water partition coefficient (Wildman–Crippen LogP) is 3.05. The van der Waals surface area contributed by atoms with Crippen LogP contribution in [0, 0.1) is 0 Å². The van der Waals surface area contributed by atoms with Crippen molar-refractivity contribution >= 4 is 28.2 Å². The van der Waals surface area contributed by atoms with Crippen LogP contribution in [0.25, 0.3) is 10.9 Å². The van der Waals surface area contributed by atoms with Gasteiger partial charge in [0.1, 0.15) is 0 Å². The van der Waals surface area contributed by atoms with E-state index in [1.807, 2.05) is 30.5 Å². The summed E-state index contributed by atoms with van der Waals surface area (Å²) in [6, 6.07) is 8.38. The molecule has 0 aliphatic carbocycles. The van der Waals surface area contributed by atoms with Crippen molar-refractivity contribution in [2.75, 3.05) is 18.4 Å². The molecule has 1 atom stereocenters. The monoisotopic (exact) mass is 261 g/mol. The van der Waals surface area contributed by atoms with Crippen molar-refractivity contribution < 1.29 is 0 Å². The van der Waals surface area contributed by atoms with Gasteiger partial charge in [0.25, 0.3) is 0 Å². The Balaban J connectivity index is 1.91. The van der Waals surface area contributed by atoms with E-state index in [2.05, 4.69) is 15.6 Å². The fourth-order valence-corrected chi connectivity index (χ4v) is 2.61. The molecular weight excluding hydrogens is 246 g/mol. The van der Waals surface area contributed by atoms with E-state index in [9.17, 15) is 0 Å². The number of nitrogens with one attached hydrogen (secondary N) is 2. The van der Waals surface area contributed by atoms with Gasteiger partial charge in [-0.3, -0.25) is 4.98 Å². The maximum atomic E-state index is 5.99. The van der Waals surface area contributed by atoms with Gasteiger partial charge in [-0.15, -0.1) is 0 Å². The molecule has 1 fully saturated rings. The summed E-state index contributed by atoms with van der Waals surface area (Å²) >= 11 is 5.99. The number of aromatic nitrogens is 1. The first-order chi connectivity index (χ1) is 8.83. The van der Waals surface area contributed by atoms with Crippen LogP contribution in [0.3, 0.4) is 0 Å². The summed E-state index contributed by atoms with van der Waals surface area (Å²) in [5.41, 5.74) is 2.08. The van der Waals surface area contributed by atoms with Crippen LogP contribution < -0.4 is 10.6 Å². The second-order valence-electron chi connectivity index (χ2n) is 4.71. The van der Waals surface area contributed by atoms with Crippen molar-refractivity contribution in [2.45, 2.75) is 18.9 Å². The number of piperidine rings is 1. The third kappa shape index (κ3) is 2.42. The quantitative estimate of drug-likeness (QED) is 0.873. The van der Waals surface area contributed by atoms with Crippen LogP contribution in [0.15, 0.2) is 30.5 Å². The van der Waals surface area contributed by atoms with Crippen LogP contribution in [0.1, 0.15) is 12.8 Å². The number of halogens is 1.